The lowest BCUT2D eigenvalue weighted by molar-refractivity contribution is -0.118. The standard InChI is InChI=1S/C17H20N4O3S/c1-21(2)25(23,24)14-6-4-13(5-7-14)15-8-3-12(10-18-15)9-16-19-11-17(22)20-16/h3-8,10,16,19H,9,11H2,1-2H3,(H,20,22). The van der Waals surface area contributed by atoms with Gasteiger partial charge < -0.3 is 5.32 Å². The minimum atomic E-state index is -3.43. The Kier molecular flexibility index (Phi) is 4.85. The summed E-state index contributed by atoms with van der Waals surface area (Å²) >= 11 is 0. The van der Waals surface area contributed by atoms with Crippen molar-refractivity contribution in [2.24, 2.45) is 0 Å². The van der Waals surface area contributed by atoms with Crippen LogP contribution >= 0.6 is 0 Å². The fourth-order valence-electron chi connectivity index (χ4n) is 2.60. The number of nitrogens with one attached hydrogen (secondary N) is 2. The minimum Gasteiger partial charge on any atom is -0.339 e. The maximum atomic E-state index is 12.1. The molecule has 1 aliphatic rings. The maximum absolute atomic E-state index is 12.1. The van der Waals surface area contributed by atoms with Crippen LogP contribution in [-0.2, 0) is 21.2 Å². The Morgan fingerprint density at radius 3 is 2.40 bits per heavy atom. The molecule has 25 heavy (non-hydrogen) atoms. The molecule has 1 unspecified atom stereocenters. The number of nitrogens with zero attached hydrogens (tertiary/aromatic N) is 2. The first-order valence-electron chi connectivity index (χ1n) is 7.87. The zero-order valence-electron chi connectivity index (χ0n) is 14.1. The third kappa shape index (κ3) is 3.87. The Morgan fingerprint density at radius 1 is 1.16 bits per heavy atom. The van der Waals surface area contributed by atoms with Crippen molar-refractivity contribution in [1.29, 1.82) is 0 Å². The Labute approximate surface area is 147 Å². The van der Waals surface area contributed by atoms with Gasteiger partial charge in [0.2, 0.25) is 15.9 Å². The molecule has 0 aliphatic carbocycles. The molecule has 1 atom stereocenters. The van der Waals surface area contributed by atoms with E-state index in [2.05, 4.69) is 15.6 Å². The molecule has 132 valence electrons. The number of carbonyl (C=O) groups is 1. The summed E-state index contributed by atoms with van der Waals surface area (Å²) in [4.78, 5) is 15.9. The van der Waals surface area contributed by atoms with Crippen LogP contribution in [0.5, 0.6) is 0 Å². The molecule has 1 aliphatic heterocycles. The van der Waals surface area contributed by atoms with Crippen LogP contribution in [0.3, 0.4) is 0 Å². The number of rotatable bonds is 5. The molecule has 7 nitrogen and oxygen atoms in total. The van der Waals surface area contributed by atoms with Crippen LogP contribution < -0.4 is 10.6 Å². The predicted octanol–water partition coefficient (Wildman–Crippen LogP) is 0.587. The SMILES string of the molecule is CN(C)S(=O)(=O)c1ccc(-c2ccc(CC3NCC(=O)N3)cn2)cc1. The third-order valence-electron chi connectivity index (χ3n) is 4.04. The van der Waals surface area contributed by atoms with E-state index >= 15 is 0 Å². The normalized spacial score (nSPS) is 17.7. The number of amides is 1. The second-order valence-corrected chi connectivity index (χ2v) is 8.22. The number of hydrogen-bond acceptors (Lipinski definition) is 5. The number of sulfonamides is 1. The number of hydrogen-bond donors (Lipinski definition) is 2. The fourth-order valence-corrected chi connectivity index (χ4v) is 3.50. The molecular formula is C17H20N4O3S. The van der Waals surface area contributed by atoms with E-state index in [0.29, 0.717) is 13.0 Å². The zero-order valence-corrected chi connectivity index (χ0v) is 14.9. The lowest BCUT2D eigenvalue weighted by Crippen LogP contribution is -2.34. The van der Waals surface area contributed by atoms with Gasteiger partial charge in [-0.2, -0.15) is 0 Å². The smallest absolute Gasteiger partial charge is 0.242 e. The topological polar surface area (TPSA) is 91.4 Å². The van der Waals surface area contributed by atoms with Gasteiger partial charge in [0, 0.05) is 32.3 Å². The van der Waals surface area contributed by atoms with Crippen LogP contribution in [0, 0.1) is 0 Å². The van der Waals surface area contributed by atoms with Crippen molar-refractivity contribution in [3.05, 3.63) is 48.2 Å². The van der Waals surface area contributed by atoms with Crippen molar-refractivity contribution >= 4 is 15.9 Å². The van der Waals surface area contributed by atoms with Crippen LogP contribution in [0.2, 0.25) is 0 Å². The molecule has 1 amide bonds. The Morgan fingerprint density at radius 2 is 1.88 bits per heavy atom. The number of benzene rings is 1. The molecule has 8 heteroatoms. The summed E-state index contributed by atoms with van der Waals surface area (Å²) in [6.07, 6.45) is 2.38. The average Bonchev–Trinajstić information content (AvgIpc) is 3.00. The molecule has 1 saturated heterocycles. The molecule has 1 aromatic carbocycles. The second-order valence-electron chi connectivity index (χ2n) is 6.07. The summed E-state index contributed by atoms with van der Waals surface area (Å²) in [6.45, 7) is 0.346. The largest absolute Gasteiger partial charge is 0.339 e. The van der Waals surface area contributed by atoms with Crippen LogP contribution in [-0.4, -0.2) is 50.4 Å². The van der Waals surface area contributed by atoms with E-state index in [-0.39, 0.29) is 17.0 Å². The number of pyridine rings is 1. The highest BCUT2D eigenvalue weighted by atomic mass is 32.2. The third-order valence-corrected chi connectivity index (χ3v) is 5.87. The van der Waals surface area contributed by atoms with Crippen LogP contribution in [0.4, 0.5) is 0 Å². The van der Waals surface area contributed by atoms with Gasteiger partial charge in [-0.05, 0) is 23.8 Å². The molecule has 2 aromatic rings. The van der Waals surface area contributed by atoms with Gasteiger partial charge in [0.15, 0.2) is 0 Å². The van der Waals surface area contributed by atoms with Gasteiger partial charge in [-0.15, -0.1) is 0 Å². The molecule has 0 radical (unpaired) electrons. The monoisotopic (exact) mass is 360 g/mol. The molecule has 0 spiro atoms. The van der Waals surface area contributed by atoms with E-state index in [0.717, 1.165) is 16.8 Å². The molecule has 2 heterocycles. The first-order chi connectivity index (χ1) is 11.9. The molecule has 0 saturated carbocycles. The Balaban J connectivity index is 1.73. The lowest BCUT2D eigenvalue weighted by Gasteiger charge is -2.12. The summed E-state index contributed by atoms with van der Waals surface area (Å²) in [6, 6.07) is 10.5. The van der Waals surface area contributed by atoms with Gasteiger partial charge in [-0.1, -0.05) is 18.2 Å². The van der Waals surface area contributed by atoms with Crippen molar-refractivity contribution in [2.75, 3.05) is 20.6 Å². The van der Waals surface area contributed by atoms with Gasteiger partial charge in [0.05, 0.1) is 23.3 Å². The number of aromatic nitrogens is 1. The molecule has 1 aromatic heterocycles. The molecule has 3 rings (SSSR count). The zero-order chi connectivity index (χ0) is 18.0. The quantitative estimate of drug-likeness (QED) is 0.814. The van der Waals surface area contributed by atoms with E-state index in [1.807, 2.05) is 12.1 Å². The highest BCUT2D eigenvalue weighted by molar-refractivity contribution is 7.89. The Bertz CT molecular complexity index is 862. The van der Waals surface area contributed by atoms with Gasteiger partial charge in [-0.25, -0.2) is 12.7 Å². The summed E-state index contributed by atoms with van der Waals surface area (Å²) < 4.78 is 25.4. The molecule has 0 bridgehead atoms. The van der Waals surface area contributed by atoms with E-state index in [9.17, 15) is 13.2 Å². The predicted molar refractivity (Wildman–Crippen MR) is 94.2 cm³/mol. The Hall–Kier alpha value is -2.29. The van der Waals surface area contributed by atoms with Crippen molar-refractivity contribution in [2.45, 2.75) is 17.5 Å². The highest BCUT2D eigenvalue weighted by Crippen LogP contribution is 2.21. The van der Waals surface area contributed by atoms with Gasteiger partial charge in [0.1, 0.15) is 0 Å². The van der Waals surface area contributed by atoms with Crippen molar-refractivity contribution in [1.82, 2.24) is 19.9 Å². The van der Waals surface area contributed by atoms with Crippen molar-refractivity contribution < 1.29 is 13.2 Å². The molecule has 1 fully saturated rings. The average molecular weight is 360 g/mol. The van der Waals surface area contributed by atoms with E-state index in [1.54, 1.807) is 30.5 Å². The maximum Gasteiger partial charge on any atom is 0.242 e. The van der Waals surface area contributed by atoms with E-state index in [1.165, 1.54) is 18.4 Å². The first-order valence-corrected chi connectivity index (χ1v) is 9.31. The summed E-state index contributed by atoms with van der Waals surface area (Å²) in [5.74, 6) is 0.00217. The summed E-state index contributed by atoms with van der Waals surface area (Å²) in [5, 5.41) is 5.92. The van der Waals surface area contributed by atoms with Crippen LogP contribution in [0.25, 0.3) is 11.3 Å². The van der Waals surface area contributed by atoms with Crippen molar-refractivity contribution in [3.8, 4) is 11.3 Å². The second kappa shape index (κ2) is 6.91. The van der Waals surface area contributed by atoms with E-state index < -0.39 is 10.0 Å². The summed E-state index contributed by atoms with van der Waals surface area (Å²) in [7, 11) is -0.419. The summed E-state index contributed by atoms with van der Waals surface area (Å²) in [5.41, 5.74) is 2.62. The number of carbonyl (C=O) groups excluding carboxylic acids is 1. The highest BCUT2D eigenvalue weighted by Gasteiger charge is 2.20. The van der Waals surface area contributed by atoms with Gasteiger partial charge in [0.25, 0.3) is 0 Å². The fraction of sp³-hybridized carbons (Fsp3) is 0.294. The minimum absolute atomic E-state index is 0.00217. The van der Waals surface area contributed by atoms with Crippen LogP contribution in [0.15, 0.2) is 47.5 Å². The van der Waals surface area contributed by atoms with Gasteiger partial charge >= 0.3 is 0 Å². The lowest BCUT2D eigenvalue weighted by atomic mass is 10.1. The van der Waals surface area contributed by atoms with Crippen molar-refractivity contribution in [3.63, 3.8) is 0 Å². The van der Waals surface area contributed by atoms with E-state index in [4.69, 9.17) is 0 Å². The molecular weight excluding hydrogens is 340 g/mol. The first kappa shape index (κ1) is 17.5. The van der Waals surface area contributed by atoms with Gasteiger partial charge in [-0.3, -0.25) is 15.1 Å². The molecule has 2 N–H and O–H groups in total. The van der Waals surface area contributed by atoms with Crippen LogP contribution in [0.1, 0.15) is 5.56 Å².